The van der Waals surface area contributed by atoms with Crippen molar-refractivity contribution >= 4 is 29.1 Å². The molecule has 5 rings (SSSR count). The zero-order valence-electron chi connectivity index (χ0n) is 17.5. The molecule has 0 amide bonds. The van der Waals surface area contributed by atoms with E-state index >= 15 is 0 Å². The first-order chi connectivity index (χ1) is 15.8. The number of carbonyl (C=O) groups excluding carboxylic acids is 1. The van der Waals surface area contributed by atoms with Crippen LogP contribution in [-0.4, -0.2) is 44.5 Å². The molecule has 0 aliphatic carbocycles. The van der Waals surface area contributed by atoms with Crippen LogP contribution in [0.4, 0.5) is 0 Å². The maximum Gasteiger partial charge on any atom is 0.343 e. The highest BCUT2D eigenvalue weighted by Crippen LogP contribution is 2.42. The van der Waals surface area contributed by atoms with Gasteiger partial charge in [0.15, 0.2) is 12.2 Å². The van der Waals surface area contributed by atoms with Gasteiger partial charge in [0.1, 0.15) is 12.4 Å². The number of benzene rings is 1. The number of aliphatic carboxylic acids is 1. The fourth-order valence-corrected chi connectivity index (χ4v) is 4.45. The van der Waals surface area contributed by atoms with Gasteiger partial charge in [0.2, 0.25) is 0 Å². The molecule has 0 saturated heterocycles. The number of aliphatic hydroxyl groups is 1. The predicted octanol–water partition coefficient (Wildman–Crippen LogP) is 1.54. The van der Waals surface area contributed by atoms with Crippen LogP contribution in [0.15, 0.2) is 29.1 Å². The lowest BCUT2D eigenvalue weighted by Gasteiger charge is -2.31. The minimum atomic E-state index is -1.94. The number of carboxylic acid groups (broad SMARTS) is 1. The molecule has 2 aliphatic heterocycles. The molecule has 0 bridgehead atoms. The standard InChI is InChI=1S/C23H19N3O7/c1-2-23(31)15-6-17-19-13(8-26(17)21(29)14(15)9-33-22(23)30)20(32-10-18(27)28)12-5-11(7-24)3-4-16(12)25-19/h3-7,24,31H,2,8-10H2,1H3,(H,27,28). The van der Waals surface area contributed by atoms with E-state index in [4.69, 9.17) is 20.0 Å². The van der Waals surface area contributed by atoms with Gasteiger partial charge >= 0.3 is 11.9 Å². The van der Waals surface area contributed by atoms with Gasteiger partial charge in [-0.25, -0.2) is 14.6 Å². The summed E-state index contributed by atoms with van der Waals surface area (Å²) in [6.45, 7) is 0.855. The fraction of sp³-hybridized carbons (Fsp3) is 0.261. The molecular weight excluding hydrogens is 430 g/mol. The number of esters is 1. The molecule has 10 nitrogen and oxygen atoms in total. The average molecular weight is 449 g/mol. The van der Waals surface area contributed by atoms with E-state index in [9.17, 15) is 19.5 Å². The first-order valence-electron chi connectivity index (χ1n) is 10.3. The van der Waals surface area contributed by atoms with Crippen molar-refractivity contribution in [3.05, 3.63) is 56.9 Å². The maximum atomic E-state index is 13.3. The largest absolute Gasteiger partial charge is 0.481 e. The second-order valence-corrected chi connectivity index (χ2v) is 7.97. The number of rotatable bonds is 5. The van der Waals surface area contributed by atoms with E-state index in [0.29, 0.717) is 33.4 Å². The Labute approximate surface area is 186 Å². The summed E-state index contributed by atoms with van der Waals surface area (Å²) in [5.41, 5.74) is 0.407. The van der Waals surface area contributed by atoms with Gasteiger partial charge in [0, 0.05) is 22.7 Å². The fourth-order valence-electron chi connectivity index (χ4n) is 4.45. The van der Waals surface area contributed by atoms with Crippen molar-refractivity contribution in [3.63, 3.8) is 0 Å². The normalized spacial score (nSPS) is 18.3. The Balaban J connectivity index is 1.79. The van der Waals surface area contributed by atoms with E-state index in [0.717, 1.165) is 6.21 Å². The SMILES string of the molecule is CCC1(O)C(=O)OCc2c1cc1n(c2=O)Cc2c-1nc1ccc(C=N)cc1c2OCC(=O)O. The van der Waals surface area contributed by atoms with Crippen molar-refractivity contribution < 1.29 is 29.3 Å². The van der Waals surface area contributed by atoms with Crippen LogP contribution >= 0.6 is 0 Å². The van der Waals surface area contributed by atoms with Crippen LogP contribution in [0.25, 0.3) is 22.3 Å². The summed E-state index contributed by atoms with van der Waals surface area (Å²) in [7, 11) is 0. The molecule has 0 spiro atoms. The number of hydrogen-bond donors (Lipinski definition) is 3. The van der Waals surface area contributed by atoms with Crippen LogP contribution in [0.3, 0.4) is 0 Å². The summed E-state index contributed by atoms with van der Waals surface area (Å²) in [4.78, 5) is 41.5. The van der Waals surface area contributed by atoms with Crippen LogP contribution in [0, 0.1) is 5.41 Å². The number of carboxylic acids is 1. The third-order valence-corrected chi connectivity index (χ3v) is 6.17. The Bertz CT molecular complexity index is 1440. The molecule has 3 aromatic rings. The van der Waals surface area contributed by atoms with Crippen LogP contribution in [0.5, 0.6) is 5.75 Å². The Kier molecular flexibility index (Phi) is 4.57. The minimum absolute atomic E-state index is 0.0269. The number of fused-ring (bicyclic) bond motifs is 5. The molecule has 1 aromatic carbocycles. The second-order valence-electron chi connectivity index (χ2n) is 7.97. The molecule has 168 valence electrons. The minimum Gasteiger partial charge on any atom is -0.481 e. The zero-order chi connectivity index (χ0) is 23.5. The Morgan fingerprint density at radius 2 is 2.12 bits per heavy atom. The third kappa shape index (κ3) is 2.94. The summed E-state index contributed by atoms with van der Waals surface area (Å²) >= 11 is 0. The molecule has 10 heteroatoms. The highest BCUT2D eigenvalue weighted by molar-refractivity contribution is 5.95. The lowest BCUT2D eigenvalue weighted by Crippen LogP contribution is -2.44. The molecule has 0 radical (unpaired) electrons. The predicted molar refractivity (Wildman–Crippen MR) is 116 cm³/mol. The smallest absolute Gasteiger partial charge is 0.343 e. The van der Waals surface area contributed by atoms with Gasteiger partial charge in [0.05, 0.1) is 29.0 Å². The van der Waals surface area contributed by atoms with Gasteiger partial charge in [-0.3, -0.25) is 4.79 Å². The number of ether oxygens (including phenoxy) is 2. The van der Waals surface area contributed by atoms with Crippen molar-refractivity contribution in [2.75, 3.05) is 6.61 Å². The van der Waals surface area contributed by atoms with Crippen molar-refractivity contribution in [2.24, 2.45) is 0 Å². The first kappa shape index (κ1) is 20.8. The Hall–Kier alpha value is -4.05. The number of nitrogens with one attached hydrogen (secondary N) is 1. The van der Waals surface area contributed by atoms with Crippen LogP contribution < -0.4 is 10.3 Å². The lowest BCUT2D eigenvalue weighted by atomic mass is 9.86. The van der Waals surface area contributed by atoms with Crippen molar-refractivity contribution in [1.82, 2.24) is 9.55 Å². The van der Waals surface area contributed by atoms with Crippen molar-refractivity contribution in [2.45, 2.75) is 32.1 Å². The Morgan fingerprint density at radius 3 is 2.82 bits per heavy atom. The number of aromatic nitrogens is 2. The summed E-state index contributed by atoms with van der Waals surface area (Å²) < 4.78 is 12.2. The highest BCUT2D eigenvalue weighted by Gasteiger charge is 2.45. The molecule has 4 heterocycles. The van der Waals surface area contributed by atoms with Crippen LogP contribution in [-0.2, 0) is 33.1 Å². The van der Waals surface area contributed by atoms with E-state index in [-0.39, 0.29) is 36.4 Å². The molecule has 33 heavy (non-hydrogen) atoms. The van der Waals surface area contributed by atoms with E-state index < -0.39 is 29.7 Å². The highest BCUT2D eigenvalue weighted by atomic mass is 16.6. The van der Waals surface area contributed by atoms with Crippen molar-refractivity contribution in [3.8, 4) is 17.1 Å². The molecule has 2 aliphatic rings. The van der Waals surface area contributed by atoms with Gasteiger partial charge in [-0.1, -0.05) is 13.0 Å². The van der Waals surface area contributed by atoms with Gasteiger partial charge in [-0.2, -0.15) is 0 Å². The summed E-state index contributed by atoms with van der Waals surface area (Å²) in [5.74, 6) is -1.71. The van der Waals surface area contributed by atoms with Crippen LogP contribution in [0.2, 0.25) is 0 Å². The lowest BCUT2D eigenvalue weighted by molar-refractivity contribution is -0.172. The molecule has 1 unspecified atom stereocenters. The first-order valence-corrected chi connectivity index (χ1v) is 10.3. The van der Waals surface area contributed by atoms with Gasteiger partial charge in [0.25, 0.3) is 5.56 Å². The summed E-state index contributed by atoms with van der Waals surface area (Å²) in [6.07, 6.45) is 1.18. The molecule has 0 saturated carbocycles. The number of pyridine rings is 2. The molecule has 2 aromatic heterocycles. The Morgan fingerprint density at radius 1 is 1.33 bits per heavy atom. The molecule has 1 atom stereocenters. The third-order valence-electron chi connectivity index (χ3n) is 6.17. The van der Waals surface area contributed by atoms with Gasteiger partial charge in [-0.05, 0) is 30.2 Å². The van der Waals surface area contributed by atoms with Gasteiger partial charge < -0.3 is 29.7 Å². The molecular formula is C23H19N3O7. The maximum absolute atomic E-state index is 13.3. The zero-order valence-corrected chi connectivity index (χ0v) is 17.5. The van der Waals surface area contributed by atoms with Crippen molar-refractivity contribution in [1.29, 1.82) is 5.41 Å². The number of carbonyl (C=O) groups is 2. The number of hydrogen-bond acceptors (Lipinski definition) is 8. The molecule has 3 N–H and O–H groups in total. The van der Waals surface area contributed by atoms with E-state index in [2.05, 4.69) is 4.98 Å². The van der Waals surface area contributed by atoms with E-state index in [1.54, 1.807) is 31.2 Å². The van der Waals surface area contributed by atoms with E-state index in [1.807, 2.05) is 0 Å². The van der Waals surface area contributed by atoms with Gasteiger partial charge in [-0.15, -0.1) is 0 Å². The second kappa shape index (κ2) is 7.24. The van der Waals surface area contributed by atoms with Crippen LogP contribution in [0.1, 0.15) is 35.6 Å². The summed E-state index contributed by atoms with van der Waals surface area (Å²) in [6, 6.07) is 6.63. The average Bonchev–Trinajstić information content (AvgIpc) is 3.17. The quantitative estimate of drug-likeness (QED) is 0.306. The topological polar surface area (TPSA) is 152 Å². The summed E-state index contributed by atoms with van der Waals surface area (Å²) in [5, 5.41) is 28.2. The number of cyclic esters (lactones) is 1. The van der Waals surface area contributed by atoms with E-state index in [1.165, 1.54) is 4.57 Å². The molecule has 0 fully saturated rings. The monoisotopic (exact) mass is 449 g/mol. The number of nitrogens with zero attached hydrogens (tertiary/aromatic N) is 2.